The maximum absolute atomic E-state index is 13.4. The second kappa shape index (κ2) is 10.9. The molecule has 39 heavy (non-hydrogen) atoms. The van der Waals surface area contributed by atoms with Crippen LogP contribution < -0.4 is 15.5 Å². The number of nitrogens with one attached hydrogen (secondary N) is 2. The van der Waals surface area contributed by atoms with E-state index in [0.717, 1.165) is 26.1 Å². The number of amides is 1. The van der Waals surface area contributed by atoms with Crippen molar-refractivity contribution >= 4 is 42.9 Å². The first-order valence-electron chi connectivity index (χ1n) is 12.0. The highest BCUT2D eigenvalue weighted by Crippen LogP contribution is 2.37. The van der Waals surface area contributed by atoms with Gasteiger partial charge in [-0.2, -0.15) is 0 Å². The van der Waals surface area contributed by atoms with Crippen LogP contribution in [0.5, 0.6) is 5.75 Å². The number of thiophene rings is 1. The summed E-state index contributed by atoms with van der Waals surface area (Å²) >= 11 is 1.61. The van der Waals surface area contributed by atoms with Crippen molar-refractivity contribution in [2.24, 2.45) is 0 Å². The van der Waals surface area contributed by atoms with Gasteiger partial charge in [0.25, 0.3) is 5.91 Å². The zero-order valence-corrected chi connectivity index (χ0v) is 22.8. The van der Waals surface area contributed by atoms with Crippen LogP contribution in [0, 0.1) is 6.92 Å². The molecule has 5 aromatic rings. The van der Waals surface area contributed by atoms with Gasteiger partial charge in [0.15, 0.2) is 5.03 Å². The number of sulfone groups is 1. The molecule has 5 rings (SSSR count). The number of methoxy groups -OCH3 is 1. The lowest BCUT2D eigenvalue weighted by atomic mass is 10.0. The Hall–Kier alpha value is -4.25. The highest BCUT2D eigenvalue weighted by molar-refractivity contribution is 7.91. The fourth-order valence-electron chi connectivity index (χ4n) is 4.38. The number of hydroxylamine groups is 1. The van der Waals surface area contributed by atoms with Crippen molar-refractivity contribution in [2.45, 2.75) is 23.4 Å². The standard InChI is InChI=1S/C29H25N3O5S2/c1-18-14-21(26-16-19-6-3-4-8-25(19)38-26)15-24(28(33)32-34)27(18)31-17-20-7-5-13-30-29(20)39(35,36)23-11-9-22(37-2)10-12-23/h3-16,31,34H,17H2,1-2H3,(H,32,33). The smallest absolute Gasteiger partial charge is 0.276 e. The lowest BCUT2D eigenvalue weighted by Crippen LogP contribution is -2.21. The van der Waals surface area contributed by atoms with E-state index in [4.69, 9.17) is 4.74 Å². The van der Waals surface area contributed by atoms with Crippen LogP contribution in [0.15, 0.2) is 95.0 Å². The predicted octanol–water partition coefficient (Wildman–Crippen LogP) is 5.84. The van der Waals surface area contributed by atoms with Crippen LogP contribution in [-0.2, 0) is 16.4 Å². The molecule has 0 aliphatic carbocycles. The molecular formula is C29H25N3O5S2. The van der Waals surface area contributed by atoms with Gasteiger partial charge in [0, 0.05) is 27.9 Å². The van der Waals surface area contributed by atoms with Gasteiger partial charge in [0.05, 0.1) is 23.3 Å². The average Bonchev–Trinajstić information content (AvgIpc) is 3.40. The summed E-state index contributed by atoms with van der Waals surface area (Å²) in [6.07, 6.45) is 1.43. The molecule has 2 heterocycles. The molecule has 3 aromatic carbocycles. The first-order chi connectivity index (χ1) is 18.8. The molecule has 1 amide bonds. The SMILES string of the molecule is COc1ccc(S(=O)(=O)c2ncccc2CNc2c(C)cc(-c3cc4ccccc4s3)cc2C(=O)NO)cc1. The van der Waals surface area contributed by atoms with Crippen LogP contribution in [0.1, 0.15) is 21.5 Å². The maximum Gasteiger partial charge on any atom is 0.276 e. The number of ether oxygens (including phenoxy) is 1. The number of aromatic nitrogens is 1. The first kappa shape index (κ1) is 26.4. The molecule has 0 aliphatic heterocycles. The molecule has 0 bridgehead atoms. The monoisotopic (exact) mass is 559 g/mol. The molecular weight excluding hydrogens is 534 g/mol. The summed E-state index contributed by atoms with van der Waals surface area (Å²) in [7, 11) is -2.41. The third-order valence-corrected chi connectivity index (χ3v) is 9.26. The summed E-state index contributed by atoms with van der Waals surface area (Å²) in [5, 5.41) is 13.7. The van der Waals surface area contributed by atoms with Crippen molar-refractivity contribution in [2.75, 3.05) is 12.4 Å². The van der Waals surface area contributed by atoms with Gasteiger partial charge in [0.1, 0.15) is 5.75 Å². The van der Waals surface area contributed by atoms with Crippen LogP contribution in [0.25, 0.3) is 20.5 Å². The Balaban J connectivity index is 1.49. The number of pyridine rings is 1. The summed E-state index contributed by atoms with van der Waals surface area (Å²) in [4.78, 5) is 18.0. The highest BCUT2D eigenvalue weighted by Gasteiger charge is 2.24. The zero-order chi connectivity index (χ0) is 27.6. The molecule has 0 fully saturated rings. The van der Waals surface area contributed by atoms with E-state index >= 15 is 0 Å². The van der Waals surface area contributed by atoms with Gasteiger partial charge in [0.2, 0.25) is 9.84 Å². The van der Waals surface area contributed by atoms with Crippen molar-refractivity contribution in [1.29, 1.82) is 0 Å². The average molecular weight is 560 g/mol. The predicted molar refractivity (Wildman–Crippen MR) is 151 cm³/mol. The van der Waals surface area contributed by atoms with E-state index in [2.05, 4.69) is 16.4 Å². The van der Waals surface area contributed by atoms with E-state index in [1.54, 1.807) is 47.1 Å². The van der Waals surface area contributed by atoms with Crippen LogP contribution in [0.3, 0.4) is 0 Å². The van der Waals surface area contributed by atoms with E-state index in [0.29, 0.717) is 17.0 Å². The van der Waals surface area contributed by atoms with Gasteiger partial charge in [-0.3, -0.25) is 10.0 Å². The first-order valence-corrected chi connectivity index (χ1v) is 14.3. The number of carbonyl (C=O) groups excluding carboxylic acids is 1. The highest BCUT2D eigenvalue weighted by atomic mass is 32.2. The van der Waals surface area contributed by atoms with E-state index in [9.17, 15) is 18.4 Å². The Morgan fingerprint density at radius 1 is 1.03 bits per heavy atom. The van der Waals surface area contributed by atoms with Crippen LogP contribution >= 0.6 is 11.3 Å². The third kappa shape index (κ3) is 5.22. The van der Waals surface area contributed by atoms with Gasteiger partial charge in [-0.15, -0.1) is 11.3 Å². The molecule has 0 saturated heterocycles. The van der Waals surface area contributed by atoms with Gasteiger partial charge < -0.3 is 10.1 Å². The maximum atomic E-state index is 13.4. The minimum Gasteiger partial charge on any atom is -0.497 e. The summed E-state index contributed by atoms with van der Waals surface area (Å²) < 4.78 is 33.1. The van der Waals surface area contributed by atoms with Gasteiger partial charge >= 0.3 is 0 Å². The molecule has 0 aliphatic rings. The molecule has 0 spiro atoms. The molecule has 0 saturated carbocycles. The number of anilines is 1. The summed E-state index contributed by atoms with van der Waals surface area (Å²) in [5.41, 5.74) is 4.45. The van der Waals surface area contributed by atoms with Crippen molar-refractivity contribution in [3.8, 4) is 16.2 Å². The Labute approximate surface area is 229 Å². The molecule has 0 unspecified atom stereocenters. The van der Waals surface area contributed by atoms with Crippen molar-refractivity contribution < 1.29 is 23.2 Å². The molecule has 3 N–H and O–H groups in total. The fraction of sp³-hybridized carbons (Fsp3) is 0.103. The molecule has 198 valence electrons. The van der Waals surface area contributed by atoms with Gasteiger partial charge in [-0.25, -0.2) is 18.9 Å². The lowest BCUT2D eigenvalue weighted by Gasteiger charge is -2.17. The van der Waals surface area contributed by atoms with Crippen molar-refractivity contribution in [3.05, 3.63) is 102 Å². The quantitative estimate of drug-likeness (QED) is 0.161. The number of benzene rings is 3. The van der Waals surface area contributed by atoms with Crippen molar-refractivity contribution in [3.63, 3.8) is 0 Å². The summed E-state index contributed by atoms with van der Waals surface area (Å²) in [6, 6.07) is 23.2. The largest absolute Gasteiger partial charge is 0.497 e. The second-order valence-corrected chi connectivity index (χ2v) is 11.8. The van der Waals surface area contributed by atoms with Crippen molar-refractivity contribution in [1.82, 2.24) is 10.5 Å². The second-order valence-electron chi connectivity index (χ2n) is 8.81. The molecule has 8 nitrogen and oxygen atoms in total. The van der Waals surface area contributed by atoms with E-state index in [-0.39, 0.29) is 22.0 Å². The normalized spacial score (nSPS) is 11.4. The number of hydrogen-bond donors (Lipinski definition) is 3. The van der Waals surface area contributed by atoms with E-state index < -0.39 is 15.7 Å². The lowest BCUT2D eigenvalue weighted by molar-refractivity contribution is 0.0707. The van der Waals surface area contributed by atoms with Gasteiger partial charge in [-0.05, 0) is 78.0 Å². The van der Waals surface area contributed by atoms with E-state index in [1.807, 2.05) is 37.3 Å². The Bertz CT molecular complexity index is 1750. The number of hydrogen-bond acceptors (Lipinski definition) is 8. The molecule has 2 aromatic heterocycles. The molecule has 0 radical (unpaired) electrons. The number of fused-ring (bicyclic) bond motifs is 1. The third-order valence-electron chi connectivity index (χ3n) is 6.32. The minimum atomic E-state index is -3.92. The Morgan fingerprint density at radius 3 is 2.51 bits per heavy atom. The van der Waals surface area contributed by atoms with Crippen LogP contribution in [0.2, 0.25) is 0 Å². The number of aryl methyl sites for hydroxylation is 1. The number of carbonyl (C=O) groups is 1. The zero-order valence-electron chi connectivity index (χ0n) is 21.1. The topological polar surface area (TPSA) is 118 Å². The number of rotatable bonds is 8. The number of nitrogens with zero attached hydrogens (tertiary/aromatic N) is 1. The fourth-order valence-corrected chi connectivity index (χ4v) is 6.83. The van der Waals surface area contributed by atoms with E-state index in [1.165, 1.54) is 25.4 Å². The van der Waals surface area contributed by atoms with Gasteiger partial charge in [-0.1, -0.05) is 24.3 Å². The summed E-state index contributed by atoms with van der Waals surface area (Å²) in [6.45, 7) is 1.93. The Morgan fingerprint density at radius 2 is 1.79 bits per heavy atom. The minimum absolute atomic E-state index is 0.0767. The molecule has 10 heteroatoms. The van der Waals surface area contributed by atoms with Crippen LogP contribution in [0.4, 0.5) is 5.69 Å². The van der Waals surface area contributed by atoms with Crippen LogP contribution in [-0.4, -0.2) is 31.6 Å². The summed E-state index contributed by atoms with van der Waals surface area (Å²) in [5.74, 6) is -0.137. The Kier molecular flexibility index (Phi) is 7.34. The molecule has 0 atom stereocenters.